The number of furan rings is 1. The van der Waals surface area contributed by atoms with Crippen molar-refractivity contribution in [2.24, 2.45) is 0 Å². The Labute approximate surface area is 154 Å². The second-order valence-corrected chi connectivity index (χ2v) is 6.47. The molecular weight excluding hydrogens is 348 g/mol. The fourth-order valence-electron chi connectivity index (χ4n) is 3.11. The highest BCUT2D eigenvalue weighted by Gasteiger charge is 2.39. The number of imide groups is 1. The van der Waals surface area contributed by atoms with E-state index in [-0.39, 0.29) is 16.9 Å². The summed E-state index contributed by atoms with van der Waals surface area (Å²) in [6.45, 7) is 0.434. The maximum absolute atomic E-state index is 12.7. The predicted octanol–water partition coefficient (Wildman–Crippen LogP) is 2.86. The summed E-state index contributed by atoms with van der Waals surface area (Å²) in [4.78, 5) is 44.6. The second kappa shape index (κ2) is 6.37. The summed E-state index contributed by atoms with van der Waals surface area (Å²) in [5.41, 5.74) is 1.57. The van der Waals surface area contributed by atoms with Gasteiger partial charge in [0.05, 0.1) is 11.1 Å². The van der Waals surface area contributed by atoms with E-state index in [0.717, 1.165) is 5.39 Å². The molecule has 0 spiro atoms. The lowest BCUT2D eigenvalue weighted by Gasteiger charge is -2.13. The zero-order valence-corrected chi connectivity index (χ0v) is 14.8. The summed E-state index contributed by atoms with van der Waals surface area (Å²) in [7, 11) is 3.72. The normalized spacial score (nSPS) is 13.5. The zero-order valence-electron chi connectivity index (χ0n) is 14.8. The van der Waals surface area contributed by atoms with Gasteiger partial charge in [-0.15, -0.1) is 0 Å². The van der Waals surface area contributed by atoms with Gasteiger partial charge < -0.3 is 14.2 Å². The van der Waals surface area contributed by atoms with Gasteiger partial charge in [0.1, 0.15) is 5.58 Å². The van der Waals surface area contributed by atoms with Crippen molar-refractivity contribution in [3.63, 3.8) is 0 Å². The summed E-state index contributed by atoms with van der Waals surface area (Å²) in [6, 6.07) is 13.5. The first-order valence-electron chi connectivity index (χ1n) is 8.32. The summed E-state index contributed by atoms with van der Waals surface area (Å²) >= 11 is 0. The van der Waals surface area contributed by atoms with E-state index in [2.05, 4.69) is 0 Å². The quantitative estimate of drug-likeness (QED) is 0.662. The SMILES string of the molecule is CN(C)Cc1c(C(=O)ON2C(=O)c3ccccc3C2=O)oc2ccccc12. The number of rotatable bonds is 4. The largest absolute Gasteiger partial charge is 0.449 e. The van der Waals surface area contributed by atoms with E-state index >= 15 is 0 Å². The van der Waals surface area contributed by atoms with Crippen LogP contribution >= 0.6 is 0 Å². The van der Waals surface area contributed by atoms with E-state index in [4.69, 9.17) is 9.25 Å². The van der Waals surface area contributed by atoms with Crippen LogP contribution in [0.15, 0.2) is 52.9 Å². The van der Waals surface area contributed by atoms with Crippen LogP contribution < -0.4 is 0 Å². The van der Waals surface area contributed by atoms with Gasteiger partial charge >= 0.3 is 5.97 Å². The number of hydrogen-bond donors (Lipinski definition) is 0. The molecule has 1 aliphatic rings. The number of carbonyl (C=O) groups is 3. The summed E-state index contributed by atoms with van der Waals surface area (Å²) < 4.78 is 5.67. The molecule has 3 aromatic rings. The van der Waals surface area contributed by atoms with Gasteiger partial charge in [0.15, 0.2) is 0 Å². The molecule has 136 valence electrons. The van der Waals surface area contributed by atoms with Gasteiger partial charge in [-0.2, -0.15) is 0 Å². The molecule has 1 aliphatic heterocycles. The second-order valence-electron chi connectivity index (χ2n) is 6.47. The van der Waals surface area contributed by atoms with Crippen molar-refractivity contribution >= 4 is 28.8 Å². The lowest BCUT2D eigenvalue weighted by Crippen LogP contribution is -2.33. The highest BCUT2D eigenvalue weighted by atomic mass is 16.7. The average molecular weight is 364 g/mol. The van der Waals surface area contributed by atoms with E-state index in [1.807, 2.05) is 31.1 Å². The smallest absolute Gasteiger partial charge is 0.399 e. The molecule has 0 atom stereocenters. The van der Waals surface area contributed by atoms with E-state index in [1.54, 1.807) is 24.3 Å². The molecule has 0 radical (unpaired) electrons. The van der Waals surface area contributed by atoms with Crippen molar-refractivity contribution in [3.05, 3.63) is 71.0 Å². The Kier molecular flexibility index (Phi) is 4.01. The Balaban J connectivity index is 1.68. The minimum absolute atomic E-state index is 0.0264. The number of carbonyl (C=O) groups excluding carboxylic acids is 3. The third-order valence-electron chi connectivity index (χ3n) is 4.29. The highest BCUT2D eigenvalue weighted by Crippen LogP contribution is 2.29. The van der Waals surface area contributed by atoms with Crippen LogP contribution in [-0.4, -0.2) is 41.8 Å². The van der Waals surface area contributed by atoms with Gasteiger partial charge in [-0.25, -0.2) is 4.79 Å². The van der Waals surface area contributed by atoms with Crippen LogP contribution in [0.1, 0.15) is 36.8 Å². The van der Waals surface area contributed by atoms with Crippen molar-refractivity contribution in [3.8, 4) is 0 Å². The van der Waals surface area contributed by atoms with Crippen LogP contribution in [0, 0.1) is 0 Å². The summed E-state index contributed by atoms with van der Waals surface area (Å²) in [6.07, 6.45) is 0. The first kappa shape index (κ1) is 17.0. The average Bonchev–Trinajstić information content (AvgIpc) is 3.13. The Hall–Kier alpha value is -3.45. The van der Waals surface area contributed by atoms with Crippen molar-refractivity contribution in [1.29, 1.82) is 0 Å². The third kappa shape index (κ3) is 2.78. The molecule has 1 aromatic heterocycles. The van der Waals surface area contributed by atoms with Crippen molar-refractivity contribution in [2.75, 3.05) is 14.1 Å². The van der Waals surface area contributed by atoms with Crippen LogP contribution in [0.25, 0.3) is 11.0 Å². The molecule has 0 saturated heterocycles. The number of hydroxylamine groups is 2. The highest BCUT2D eigenvalue weighted by molar-refractivity contribution is 6.21. The van der Waals surface area contributed by atoms with E-state index in [0.29, 0.717) is 22.8 Å². The van der Waals surface area contributed by atoms with Gasteiger partial charge in [-0.05, 0) is 32.3 Å². The topological polar surface area (TPSA) is 80.1 Å². The van der Waals surface area contributed by atoms with Crippen molar-refractivity contribution in [2.45, 2.75) is 6.54 Å². The zero-order chi connectivity index (χ0) is 19.1. The van der Waals surface area contributed by atoms with Crippen LogP contribution in [0.5, 0.6) is 0 Å². The number of hydrogen-bond acceptors (Lipinski definition) is 6. The summed E-state index contributed by atoms with van der Waals surface area (Å²) in [5.74, 6) is -2.26. The number of fused-ring (bicyclic) bond motifs is 2. The molecule has 4 rings (SSSR count). The molecule has 0 unspecified atom stereocenters. The van der Waals surface area contributed by atoms with E-state index < -0.39 is 17.8 Å². The molecule has 2 aromatic carbocycles. The lowest BCUT2D eigenvalue weighted by atomic mass is 10.1. The molecule has 2 heterocycles. The molecule has 0 N–H and O–H groups in total. The first-order valence-corrected chi connectivity index (χ1v) is 8.32. The van der Waals surface area contributed by atoms with Gasteiger partial charge in [0.25, 0.3) is 11.8 Å². The number of nitrogens with zero attached hydrogens (tertiary/aromatic N) is 2. The van der Waals surface area contributed by atoms with Crippen molar-refractivity contribution < 1.29 is 23.6 Å². The summed E-state index contributed by atoms with van der Waals surface area (Å²) in [5, 5.41) is 1.26. The standard InChI is InChI=1S/C20H16N2O5/c1-21(2)11-15-12-7-5-6-10-16(12)26-17(15)20(25)27-22-18(23)13-8-3-4-9-14(13)19(22)24/h3-10H,11H2,1-2H3. The maximum Gasteiger partial charge on any atom is 0.399 e. The molecular formula is C20H16N2O5. The molecule has 27 heavy (non-hydrogen) atoms. The Morgan fingerprint density at radius 1 is 1.00 bits per heavy atom. The molecule has 7 nitrogen and oxygen atoms in total. The van der Waals surface area contributed by atoms with Gasteiger partial charge in [0, 0.05) is 17.5 Å². The Morgan fingerprint density at radius 2 is 1.59 bits per heavy atom. The fourth-order valence-corrected chi connectivity index (χ4v) is 3.11. The fraction of sp³-hybridized carbons (Fsp3) is 0.150. The van der Waals surface area contributed by atoms with Crippen LogP contribution in [-0.2, 0) is 11.4 Å². The lowest BCUT2D eigenvalue weighted by molar-refractivity contribution is -0.0603. The Morgan fingerprint density at radius 3 is 2.22 bits per heavy atom. The molecule has 7 heteroatoms. The molecule has 0 bridgehead atoms. The molecule has 0 saturated carbocycles. The van der Waals surface area contributed by atoms with E-state index in [9.17, 15) is 14.4 Å². The van der Waals surface area contributed by atoms with Gasteiger partial charge in [0.2, 0.25) is 5.76 Å². The van der Waals surface area contributed by atoms with Gasteiger partial charge in [-0.3, -0.25) is 9.59 Å². The molecule has 2 amide bonds. The van der Waals surface area contributed by atoms with Crippen molar-refractivity contribution in [1.82, 2.24) is 9.96 Å². The van der Waals surface area contributed by atoms with Gasteiger partial charge in [-0.1, -0.05) is 35.4 Å². The minimum atomic E-state index is -0.891. The minimum Gasteiger partial charge on any atom is -0.449 e. The van der Waals surface area contributed by atoms with Crippen LogP contribution in [0.3, 0.4) is 0 Å². The maximum atomic E-state index is 12.7. The van der Waals surface area contributed by atoms with E-state index in [1.165, 1.54) is 12.1 Å². The number of para-hydroxylation sites is 1. The monoisotopic (exact) mass is 364 g/mol. The van der Waals surface area contributed by atoms with Crippen LogP contribution in [0.4, 0.5) is 0 Å². The van der Waals surface area contributed by atoms with Crippen LogP contribution in [0.2, 0.25) is 0 Å². The number of amides is 2. The predicted molar refractivity (Wildman–Crippen MR) is 96.0 cm³/mol. The number of benzene rings is 2. The Bertz CT molecular complexity index is 1050. The molecule has 0 fully saturated rings. The first-order chi connectivity index (χ1) is 13.0. The third-order valence-corrected chi connectivity index (χ3v) is 4.29. The molecule has 0 aliphatic carbocycles.